The summed E-state index contributed by atoms with van der Waals surface area (Å²) >= 11 is 0. The number of rotatable bonds is 5. The lowest BCUT2D eigenvalue weighted by Crippen LogP contribution is -2.43. The summed E-state index contributed by atoms with van der Waals surface area (Å²) in [6.45, 7) is 21.6. The lowest BCUT2D eigenvalue weighted by atomic mass is 9.76. The summed E-state index contributed by atoms with van der Waals surface area (Å²) in [6, 6.07) is 6.58. The van der Waals surface area contributed by atoms with Crippen LogP contribution in [-0.4, -0.2) is 14.9 Å². The number of hydrogen-bond donors (Lipinski definition) is 1. The average molecular weight is 388 g/mol. The van der Waals surface area contributed by atoms with E-state index in [0.717, 1.165) is 25.1 Å². The van der Waals surface area contributed by atoms with Gasteiger partial charge in [-0.1, -0.05) is 60.6 Å². The van der Waals surface area contributed by atoms with Gasteiger partial charge in [0.25, 0.3) is 0 Å². The van der Waals surface area contributed by atoms with Crippen LogP contribution in [-0.2, 0) is 9.84 Å². The number of nitrogens with two attached hydrogens (primary N) is 1. The third kappa shape index (κ3) is 5.26. The summed E-state index contributed by atoms with van der Waals surface area (Å²) in [5.74, 6) is 0. The number of nitrogen functional groups attached to an aromatic ring is 1. The molecule has 1 aromatic rings. The van der Waals surface area contributed by atoms with Gasteiger partial charge in [-0.25, -0.2) is 0 Å². The molecule has 0 bridgehead atoms. The Hall–Kier alpha value is -1.06. The molecule has 0 spiro atoms. The van der Waals surface area contributed by atoms with Gasteiger partial charge in [-0.3, -0.25) is 0 Å². The Labute approximate surface area is 168 Å². The lowest BCUT2D eigenvalue weighted by molar-refractivity contribution is 0.220. The van der Waals surface area contributed by atoms with E-state index in [2.05, 4.69) is 85.8 Å². The zero-order chi connectivity index (χ0) is 20.7. The highest BCUT2D eigenvalue weighted by atomic mass is 28.4. The van der Waals surface area contributed by atoms with Gasteiger partial charge in [-0.05, 0) is 66.1 Å². The molecule has 0 unspecified atom stereocenters. The van der Waals surface area contributed by atoms with Gasteiger partial charge in [0.15, 0.2) is 8.32 Å². The first-order chi connectivity index (χ1) is 12.1. The molecule has 2 rings (SSSR count). The summed E-state index contributed by atoms with van der Waals surface area (Å²) < 4.78 is 6.55. The Bertz CT molecular complexity index is 708. The van der Waals surface area contributed by atoms with E-state index in [1.54, 1.807) is 0 Å². The molecule has 2 nitrogen and oxygen atoms in total. The van der Waals surface area contributed by atoms with Crippen LogP contribution < -0.4 is 5.73 Å². The van der Waals surface area contributed by atoms with Crippen molar-refractivity contribution in [2.45, 2.75) is 91.3 Å². The predicted octanol–water partition coefficient (Wildman–Crippen LogP) is 7.16. The van der Waals surface area contributed by atoms with Crippen molar-refractivity contribution in [3.63, 3.8) is 0 Å². The third-order valence-corrected chi connectivity index (χ3v) is 11.2. The van der Waals surface area contributed by atoms with Crippen LogP contribution in [0.1, 0.15) is 78.9 Å². The molecular formula is C24H41NOSi. The van der Waals surface area contributed by atoms with Crippen LogP contribution in [0, 0.1) is 5.41 Å². The second-order valence-electron chi connectivity index (χ2n) is 11.3. The van der Waals surface area contributed by atoms with Gasteiger partial charge in [-0.15, -0.1) is 0 Å². The van der Waals surface area contributed by atoms with Crippen molar-refractivity contribution < 1.29 is 4.43 Å². The Balaban J connectivity index is 2.25. The summed E-state index contributed by atoms with van der Waals surface area (Å²) in [6.07, 6.45) is 5.86. The van der Waals surface area contributed by atoms with E-state index in [-0.39, 0.29) is 10.5 Å². The fourth-order valence-corrected chi connectivity index (χ4v) is 4.39. The summed E-state index contributed by atoms with van der Waals surface area (Å²) in [7, 11) is -1.76. The van der Waals surface area contributed by atoms with E-state index in [1.807, 2.05) is 0 Å². The molecule has 0 amide bonds. The van der Waals surface area contributed by atoms with Gasteiger partial charge in [-0.2, -0.15) is 0 Å². The summed E-state index contributed by atoms with van der Waals surface area (Å²) in [5.41, 5.74) is 11.6. The first-order valence-corrected chi connectivity index (χ1v) is 13.3. The highest BCUT2D eigenvalue weighted by molar-refractivity contribution is 6.74. The minimum Gasteiger partial charge on any atom is -0.416 e. The van der Waals surface area contributed by atoms with Gasteiger partial charge in [0.1, 0.15) is 0 Å². The maximum absolute atomic E-state index is 6.55. The van der Waals surface area contributed by atoms with Crippen LogP contribution in [0.2, 0.25) is 18.1 Å². The molecule has 152 valence electrons. The van der Waals surface area contributed by atoms with E-state index < -0.39 is 8.32 Å². The van der Waals surface area contributed by atoms with Crippen LogP contribution in [0.4, 0.5) is 5.69 Å². The molecule has 0 heterocycles. The zero-order valence-electron chi connectivity index (χ0n) is 19.1. The van der Waals surface area contributed by atoms with E-state index >= 15 is 0 Å². The Morgan fingerprint density at radius 3 is 2.26 bits per heavy atom. The molecule has 1 aromatic carbocycles. The van der Waals surface area contributed by atoms with Crippen LogP contribution in [0.3, 0.4) is 0 Å². The topological polar surface area (TPSA) is 35.2 Å². The molecule has 0 fully saturated rings. The molecule has 1 aliphatic rings. The van der Waals surface area contributed by atoms with Crippen molar-refractivity contribution in [3.05, 3.63) is 35.4 Å². The fourth-order valence-electron chi connectivity index (χ4n) is 3.24. The SMILES string of the molecule is CC1(C)CC=C(c2cc(C(C)(C)CO[Si](C)(C)C(C)(C)C)ccc2N)CC1. The van der Waals surface area contributed by atoms with Crippen molar-refractivity contribution >= 4 is 19.6 Å². The maximum Gasteiger partial charge on any atom is 0.192 e. The zero-order valence-corrected chi connectivity index (χ0v) is 20.1. The Morgan fingerprint density at radius 1 is 1.11 bits per heavy atom. The molecule has 0 atom stereocenters. The van der Waals surface area contributed by atoms with Crippen LogP contribution in [0.25, 0.3) is 5.57 Å². The van der Waals surface area contributed by atoms with Crippen molar-refractivity contribution in [3.8, 4) is 0 Å². The molecule has 27 heavy (non-hydrogen) atoms. The molecule has 0 aliphatic heterocycles. The number of hydrogen-bond acceptors (Lipinski definition) is 2. The van der Waals surface area contributed by atoms with Crippen LogP contribution in [0.15, 0.2) is 24.3 Å². The quantitative estimate of drug-likeness (QED) is 0.429. The normalized spacial score (nSPS) is 18.3. The first-order valence-electron chi connectivity index (χ1n) is 10.4. The van der Waals surface area contributed by atoms with Gasteiger partial charge < -0.3 is 10.2 Å². The van der Waals surface area contributed by atoms with Crippen molar-refractivity contribution in [1.82, 2.24) is 0 Å². The molecule has 1 aliphatic carbocycles. The number of benzene rings is 1. The third-order valence-electron chi connectivity index (χ3n) is 6.75. The molecule has 2 N–H and O–H groups in total. The lowest BCUT2D eigenvalue weighted by Gasteiger charge is -2.39. The minimum atomic E-state index is -1.76. The van der Waals surface area contributed by atoms with Gasteiger partial charge in [0, 0.05) is 23.3 Å². The van der Waals surface area contributed by atoms with Crippen molar-refractivity contribution in [2.24, 2.45) is 5.41 Å². The molecular weight excluding hydrogens is 346 g/mol. The summed E-state index contributed by atoms with van der Waals surface area (Å²) in [5, 5.41) is 0.231. The van der Waals surface area contributed by atoms with Gasteiger partial charge in [0.2, 0.25) is 0 Å². The van der Waals surface area contributed by atoms with Crippen LogP contribution >= 0.6 is 0 Å². The second-order valence-corrected chi connectivity index (χ2v) is 16.1. The van der Waals surface area contributed by atoms with Crippen LogP contribution in [0.5, 0.6) is 0 Å². The van der Waals surface area contributed by atoms with Gasteiger partial charge >= 0.3 is 0 Å². The molecule has 0 saturated heterocycles. The number of allylic oxidation sites excluding steroid dienone is 2. The smallest absolute Gasteiger partial charge is 0.192 e. The van der Waals surface area contributed by atoms with Crippen molar-refractivity contribution in [2.75, 3.05) is 12.3 Å². The largest absolute Gasteiger partial charge is 0.416 e. The highest BCUT2D eigenvalue weighted by Crippen LogP contribution is 2.41. The molecule has 3 heteroatoms. The molecule has 0 saturated carbocycles. The van der Waals surface area contributed by atoms with E-state index in [9.17, 15) is 0 Å². The van der Waals surface area contributed by atoms with E-state index in [4.69, 9.17) is 10.2 Å². The fraction of sp³-hybridized carbons (Fsp3) is 0.667. The second kappa shape index (κ2) is 7.40. The predicted molar refractivity (Wildman–Crippen MR) is 123 cm³/mol. The maximum atomic E-state index is 6.55. The monoisotopic (exact) mass is 387 g/mol. The average Bonchev–Trinajstić information content (AvgIpc) is 2.53. The minimum absolute atomic E-state index is 0.0353. The molecule has 0 aromatic heterocycles. The number of anilines is 1. The molecule has 0 radical (unpaired) electrons. The Kier molecular flexibility index (Phi) is 6.09. The standard InChI is InChI=1S/C24H41NOSi/c1-22(2,3)27(8,9)26-17-24(6,7)19-10-11-21(25)20(16-19)18-12-14-23(4,5)15-13-18/h10-12,16H,13-15,17,25H2,1-9H3. The van der Waals surface area contributed by atoms with E-state index in [1.165, 1.54) is 23.1 Å². The van der Waals surface area contributed by atoms with E-state index in [0.29, 0.717) is 5.41 Å². The summed E-state index contributed by atoms with van der Waals surface area (Å²) in [4.78, 5) is 0. The van der Waals surface area contributed by atoms with Crippen molar-refractivity contribution in [1.29, 1.82) is 0 Å². The first kappa shape index (κ1) is 22.2. The highest BCUT2D eigenvalue weighted by Gasteiger charge is 2.38. The Morgan fingerprint density at radius 2 is 1.74 bits per heavy atom. The van der Waals surface area contributed by atoms with Gasteiger partial charge in [0.05, 0.1) is 0 Å².